The highest BCUT2D eigenvalue weighted by atomic mass is 16.4. The van der Waals surface area contributed by atoms with E-state index in [2.05, 4.69) is 15.6 Å². The zero-order valence-electron chi connectivity index (χ0n) is 19.5. The van der Waals surface area contributed by atoms with Gasteiger partial charge in [0.15, 0.2) is 12.0 Å². The van der Waals surface area contributed by atoms with Crippen molar-refractivity contribution in [3.63, 3.8) is 0 Å². The van der Waals surface area contributed by atoms with Gasteiger partial charge in [0, 0.05) is 13.0 Å². The summed E-state index contributed by atoms with van der Waals surface area (Å²) in [5, 5.41) is 43.0. The first-order valence-corrected chi connectivity index (χ1v) is 10.7. The fourth-order valence-corrected chi connectivity index (χ4v) is 2.78. The number of carbonyl (C=O) groups is 6. The molecular weight excluding hydrogens is 486 g/mol. The largest absolute Gasteiger partial charge is 0.481 e. The van der Waals surface area contributed by atoms with Crippen LogP contribution in [0.3, 0.4) is 0 Å². The van der Waals surface area contributed by atoms with Crippen molar-refractivity contribution in [3.05, 3.63) is 0 Å². The van der Waals surface area contributed by atoms with Crippen molar-refractivity contribution in [2.75, 3.05) is 6.54 Å². The van der Waals surface area contributed by atoms with Gasteiger partial charge in [0.25, 0.3) is 0 Å². The topological polar surface area (TPSA) is 310 Å². The molecule has 17 nitrogen and oxygen atoms in total. The second-order valence-electron chi connectivity index (χ2n) is 7.77. The number of nitrogens with one attached hydrogen (secondary N) is 3. The van der Waals surface area contributed by atoms with E-state index in [9.17, 15) is 33.9 Å². The highest BCUT2D eigenvalue weighted by Gasteiger charge is 2.32. The smallest absolute Gasteiger partial charge is 0.328 e. The quantitative estimate of drug-likeness (QED) is 0.0493. The minimum Gasteiger partial charge on any atom is -0.481 e. The normalized spacial score (nSPS) is 14.8. The first-order valence-electron chi connectivity index (χ1n) is 10.7. The lowest BCUT2D eigenvalue weighted by molar-refractivity contribution is -0.145. The molecule has 0 aromatic carbocycles. The molecule has 0 bridgehead atoms. The summed E-state index contributed by atoms with van der Waals surface area (Å²) in [5.41, 5.74) is 16.0. The van der Waals surface area contributed by atoms with Gasteiger partial charge in [0.05, 0.1) is 18.6 Å². The van der Waals surface area contributed by atoms with Crippen LogP contribution in [-0.4, -0.2) is 98.8 Å². The zero-order valence-corrected chi connectivity index (χ0v) is 19.5. The first kappa shape index (κ1) is 32.0. The maximum atomic E-state index is 12.9. The second kappa shape index (κ2) is 15.8. The van der Waals surface area contributed by atoms with Crippen molar-refractivity contribution in [1.29, 1.82) is 0 Å². The number of hydrogen-bond acceptors (Lipinski definition) is 9. The van der Waals surface area contributed by atoms with E-state index >= 15 is 0 Å². The lowest BCUT2D eigenvalue weighted by Gasteiger charge is -2.25. The van der Waals surface area contributed by atoms with Crippen molar-refractivity contribution < 1.29 is 49.2 Å². The third-order valence-corrected chi connectivity index (χ3v) is 4.64. The summed E-state index contributed by atoms with van der Waals surface area (Å²) in [6.45, 7) is 1.16. The van der Waals surface area contributed by atoms with E-state index in [1.165, 1.54) is 0 Å². The molecule has 0 aliphatic heterocycles. The zero-order chi connectivity index (χ0) is 28.0. The molecule has 5 atom stereocenters. The van der Waals surface area contributed by atoms with Crippen LogP contribution in [0.25, 0.3) is 0 Å². The number of nitrogens with two attached hydrogens (primary N) is 3. The maximum absolute atomic E-state index is 12.9. The van der Waals surface area contributed by atoms with E-state index in [0.29, 0.717) is 0 Å². The van der Waals surface area contributed by atoms with Crippen molar-refractivity contribution >= 4 is 41.6 Å². The molecule has 0 spiro atoms. The van der Waals surface area contributed by atoms with Gasteiger partial charge in [0.1, 0.15) is 12.1 Å². The Kier molecular flexibility index (Phi) is 14.1. The molecule has 13 N–H and O–H groups in total. The van der Waals surface area contributed by atoms with Gasteiger partial charge in [-0.1, -0.05) is 0 Å². The van der Waals surface area contributed by atoms with Gasteiger partial charge >= 0.3 is 17.9 Å². The summed E-state index contributed by atoms with van der Waals surface area (Å²) in [5.74, 6) is -7.50. The monoisotopic (exact) mass is 519 g/mol. The van der Waals surface area contributed by atoms with Crippen LogP contribution in [0.2, 0.25) is 0 Å². The van der Waals surface area contributed by atoms with E-state index in [4.69, 9.17) is 32.5 Å². The number of amides is 3. The number of rotatable bonds is 17. The average molecular weight is 520 g/mol. The fraction of sp³-hybridized carbons (Fsp3) is 0.632. The molecule has 5 unspecified atom stereocenters. The molecule has 0 heterocycles. The van der Waals surface area contributed by atoms with Gasteiger partial charge < -0.3 is 53.6 Å². The highest BCUT2D eigenvalue weighted by Crippen LogP contribution is 2.05. The van der Waals surface area contributed by atoms with Crippen molar-refractivity contribution in [2.45, 2.75) is 69.3 Å². The number of carboxylic acid groups (broad SMARTS) is 3. The number of hydrogen-bond donors (Lipinski definition) is 10. The standard InChI is InChI=1S/C19H33N7O10/c1-8(27)14(18(35)36)26-17(34)11(4-5-12(28)29)25-16(33)10(3-2-6-23-19(21)22)24-15(32)9(20)7-13(30)31/h8-11,14,27H,2-7,20H2,1H3,(H,24,32)(H,25,33)(H,26,34)(H,28,29)(H,30,31)(H,35,36)(H4,21,22,23). The van der Waals surface area contributed by atoms with E-state index in [1.54, 1.807) is 0 Å². The predicted molar refractivity (Wildman–Crippen MR) is 122 cm³/mol. The van der Waals surface area contributed by atoms with Crippen molar-refractivity contribution in [1.82, 2.24) is 16.0 Å². The summed E-state index contributed by atoms with van der Waals surface area (Å²) in [4.78, 5) is 74.6. The molecule has 0 aliphatic rings. The van der Waals surface area contributed by atoms with Crippen LogP contribution in [0, 0.1) is 0 Å². The van der Waals surface area contributed by atoms with Crippen LogP contribution >= 0.6 is 0 Å². The predicted octanol–water partition coefficient (Wildman–Crippen LogP) is -4.37. The average Bonchev–Trinajstić information content (AvgIpc) is 2.75. The molecule has 0 aromatic heterocycles. The maximum Gasteiger partial charge on any atom is 0.328 e. The fourth-order valence-electron chi connectivity index (χ4n) is 2.78. The Balaban J connectivity index is 5.69. The summed E-state index contributed by atoms with van der Waals surface area (Å²) in [7, 11) is 0. The van der Waals surface area contributed by atoms with Crippen LogP contribution in [0.15, 0.2) is 4.99 Å². The Labute approximate surface area is 205 Å². The van der Waals surface area contributed by atoms with Gasteiger partial charge in [-0.25, -0.2) is 4.79 Å². The number of aliphatic hydroxyl groups excluding tert-OH is 1. The van der Waals surface area contributed by atoms with Crippen molar-refractivity contribution in [2.24, 2.45) is 22.2 Å². The van der Waals surface area contributed by atoms with E-state index in [-0.39, 0.29) is 25.3 Å². The Morgan fingerprint density at radius 1 is 0.833 bits per heavy atom. The summed E-state index contributed by atoms with van der Waals surface area (Å²) < 4.78 is 0. The lowest BCUT2D eigenvalue weighted by atomic mass is 10.1. The number of carboxylic acids is 3. The van der Waals surface area contributed by atoms with Gasteiger partial charge in [-0.2, -0.15) is 0 Å². The van der Waals surface area contributed by atoms with Crippen molar-refractivity contribution in [3.8, 4) is 0 Å². The molecule has 17 heteroatoms. The van der Waals surface area contributed by atoms with Gasteiger partial charge in [-0.05, 0) is 26.2 Å². The SMILES string of the molecule is CC(O)C(NC(=O)C(CCC(=O)O)NC(=O)C(CCCN=C(N)N)NC(=O)C(N)CC(=O)O)C(=O)O. The third-order valence-electron chi connectivity index (χ3n) is 4.64. The second-order valence-corrected chi connectivity index (χ2v) is 7.77. The molecular formula is C19H33N7O10. The molecule has 0 aliphatic carbocycles. The van der Waals surface area contributed by atoms with E-state index < -0.39 is 85.2 Å². The summed E-state index contributed by atoms with van der Waals surface area (Å²) >= 11 is 0. The van der Waals surface area contributed by atoms with Crippen LogP contribution in [0.4, 0.5) is 0 Å². The Morgan fingerprint density at radius 3 is 1.83 bits per heavy atom. The Morgan fingerprint density at radius 2 is 1.36 bits per heavy atom. The number of aliphatic carboxylic acids is 3. The minimum atomic E-state index is -1.74. The molecule has 204 valence electrons. The van der Waals surface area contributed by atoms with Gasteiger partial charge in [0.2, 0.25) is 17.7 Å². The molecule has 0 saturated heterocycles. The third kappa shape index (κ3) is 13.0. The molecule has 36 heavy (non-hydrogen) atoms. The van der Waals surface area contributed by atoms with Gasteiger partial charge in [-0.3, -0.25) is 29.0 Å². The summed E-state index contributed by atoms with van der Waals surface area (Å²) in [6, 6.07) is -6.16. The number of guanidine groups is 1. The van der Waals surface area contributed by atoms with E-state index in [1.807, 2.05) is 5.32 Å². The molecule has 0 fully saturated rings. The summed E-state index contributed by atoms with van der Waals surface area (Å²) in [6.07, 6.45) is -3.22. The number of carbonyl (C=O) groups excluding carboxylic acids is 3. The Bertz CT molecular complexity index is 844. The number of nitrogens with zero attached hydrogens (tertiary/aromatic N) is 1. The van der Waals surface area contributed by atoms with Crippen LogP contribution < -0.4 is 33.2 Å². The van der Waals surface area contributed by atoms with Crippen LogP contribution in [0.1, 0.15) is 39.0 Å². The van der Waals surface area contributed by atoms with E-state index in [0.717, 1.165) is 6.92 Å². The lowest BCUT2D eigenvalue weighted by Crippen LogP contribution is -2.58. The molecule has 0 aromatic rings. The van der Waals surface area contributed by atoms with Crippen LogP contribution in [-0.2, 0) is 28.8 Å². The molecule has 0 radical (unpaired) electrons. The first-order chi connectivity index (χ1) is 16.6. The number of aliphatic hydroxyl groups is 1. The van der Waals surface area contributed by atoms with Gasteiger partial charge in [-0.15, -0.1) is 0 Å². The van der Waals surface area contributed by atoms with Crippen LogP contribution in [0.5, 0.6) is 0 Å². The highest BCUT2D eigenvalue weighted by molar-refractivity contribution is 5.95. The molecule has 3 amide bonds. The minimum absolute atomic E-state index is 0.0563. The molecule has 0 saturated carbocycles. The Hall–Kier alpha value is -3.99. The molecule has 0 rings (SSSR count). The number of aliphatic imine (C=N–C) groups is 1.